The third kappa shape index (κ3) is 3.37. The Bertz CT molecular complexity index is 990. The standard InChI is InChI=1S/C20H22N6O/c1-22-15-7-8-16(23-11-15)12-26-18-6-3-2-5-17(18)24-19(26)25-10-4-9-20(21,13-25)14-27/h2-3,5-8,11,27H,4,9-10,12-14,21H2/t20-/m0/s1. The van der Waals surface area contributed by atoms with E-state index in [1.54, 1.807) is 12.3 Å². The fourth-order valence-corrected chi connectivity index (χ4v) is 3.66. The quantitative estimate of drug-likeness (QED) is 0.696. The average Bonchev–Trinajstić information content (AvgIpc) is 3.07. The topological polar surface area (TPSA) is 84.6 Å². The van der Waals surface area contributed by atoms with E-state index < -0.39 is 5.54 Å². The number of aliphatic hydroxyl groups excluding tert-OH is 1. The van der Waals surface area contributed by atoms with Gasteiger partial charge in [-0.05, 0) is 31.0 Å². The zero-order valence-electron chi connectivity index (χ0n) is 15.0. The Hall–Kier alpha value is -2.95. The summed E-state index contributed by atoms with van der Waals surface area (Å²) < 4.78 is 2.14. The molecule has 3 aromatic rings. The molecule has 1 aliphatic heterocycles. The predicted molar refractivity (Wildman–Crippen MR) is 105 cm³/mol. The van der Waals surface area contributed by atoms with E-state index in [4.69, 9.17) is 17.3 Å². The molecule has 0 saturated carbocycles. The van der Waals surface area contributed by atoms with E-state index in [1.165, 1.54) is 0 Å². The van der Waals surface area contributed by atoms with E-state index in [9.17, 15) is 5.11 Å². The number of rotatable bonds is 4. The van der Waals surface area contributed by atoms with Crippen LogP contribution in [-0.2, 0) is 6.54 Å². The third-order valence-electron chi connectivity index (χ3n) is 5.10. The monoisotopic (exact) mass is 362 g/mol. The Labute approximate surface area is 157 Å². The van der Waals surface area contributed by atoms with Crippen molar-refractivity contribution in [2.75, 3.05) is 24.6 Å². The maximum atomic E-state index is 9.70. The largest absolute Gasteiger partial charge is 0.394 e. The molecule has 0 unspecified atom stereocenters. The molecular formula is C20H22N6O. The second-order valence-corrected chi connectivity index (χ2v) is 7.15. The van der Waals surface area contributed by atoms with Gasteiger partial charge in [-0.15, -0.1) is 0 Å². The van der Waals surface area contributed by atoms with Crippen LogP contribution in [0.1, 0.15) is 18.5 Å². The number of nitrogens with zero attached hydrogens (tertiary/aromatic N) is 5. The summed E-state index contributed by atoms with van der Waals surface area (Å²) in [5.41, 5.74) is 9.09. The first kappa shape index (κ1) is 17.5. The average molecular weight is 362 g/mol. The molecule has 1 fully saturated rings. The number of aliphatic hydroxyl groups is 1. The van der Waals surface area contributed by atoms with E-state index in [0.717, 1.165) is 42.1 Å². The highest BCUT2D eigenvalue weighted by atomic mass is 16.3. The minimum absolute atomic E-state index is 0.0383. The van der Waals surface area contributed by atoms with Gasteiger partial charge in [-0.1, -0.05) is 18.2 Å². The smallest absolute Gasteiger partial charge is 0.206 e. The van der Waals surface area contributed by atoms with Gasteiger partial charge in [-0.2, -0.15) is 0 Å². The molecule has 2 aromatic heterocycles. The van der Waals surface area contributed by atoms with Gasteiger partial charge in [0.1, 0.15) is 0 Å². The molecule has 1 aliphatic rings. The summed E-state index contributed by atoms with van der Waals surface area (Å²) in [6.07, 6.45) is 3.32. The van der Waals surface area contributed by atoms with Gasteiger partial charge in [-0.25, -0.2) is 9.83 Å². The summed E-state index contributed by atoms with van der Waals surface area (Å²) in [4.78, 5) is 14.8. The zero-order valence-corrected chi connectivity index (χ0v) is 15.0. The lowest BCUT2D eigenvalue weighted by atomic mass is 9.91. The van der Waals surface area contributed by atoms with Crippen molar-refractivity contribution >= 4 is 22.7 Å². The molecule has 3 N–H and O–H groups in total. The summed E-state index contributed by atoms with van der Waals surface area (Å²) in [5.74, 6) is 0.843. The molecule has 0 aliphatic carbocycles. The Balaban J connectivity index is 1.74. The number of nitrogens with two attached hydrogens (primary N) is 1. The molecular weight excluding hydrogens is 340 g/mol. The number of para-hydroxylation sites is 2. The molecule has 0 radical (unpaired) electrons. The summed E-state index contributed by atoms with van der Waals surface area (Å²) in [7, 11) is 0. The van der Waals surface area contributed by atoms with Crippen molar-refractivity contribution in [3.63, 3.8) is 0 Å². The van der Waals surface area contributed by atoms with Crippen LogP contribution < -0.4 is 10.6 Å². The Morgan fingerprint density at radius 3 is 2.85 bits per heavy atom. The third-order valence-corrected chi connectivity index (χ3v) is 5.10. The highest BCUT2D eigenvalue weighted by Crippen LogP contribution is 2.28. The molecule has 1 aromatic carbocycles. The van der Waals surface area contributed by atoms with Crippen LogP contribution in [0.4, 0.5) is 11.6 Å². The van der Waals surface area contributed by atoms with Crippen LogP contribution in [0, 0.1) is 6.57 Å². The number of hydrogen-bond donors (Lipinski definition) is 2. The van der Waals surface area contributed by atoms with Crippen LogP contribution in [0.3, 0.4) is 0 Å². The first-order valence-corrected chi connectivity index (χ1v) is 9.04. The number of piperidine rings is 1. The van der Waals surface area contributed by atoms with Gasteiger partial charge >= 0.3 is 0 Å². The Morgan fingerprint density at radius 2 is 2.11 bits per heavy atom. The van der Waals surface area contributed by atoms with Gasteiger partial charge < -0.3 is 20.3 Å². The molecule has 7 heteroatoms. The molecule has 7 nitrogen and oxygen atoms in total. The van der Waals surface area contributed by atoms with Crippen LogP contribution in [0.15, 0.2) is 42.6 Å². The summed E-state index contributed by atoms with van der Waals surface area (Å²) in [5, 5.41) is 9.70. The number of benzene rings is 1. The maximum absolute atomic E-state index is 9.70. The van der Waals surface area contributed by atoms with Gasteiger partial charge in [-0.3, -0.25) is 4.98 Å². The number of anilines is 1. The Kier molecular flexibility index (Phi) is 4.52. The van der Waals surface area contributed by atoms with Crippen LogP contribution in [0.25, 0.3) is 15.9 Å². The summed E-state index contributed by atoms with van der Waals surface area (Å²) in [6.45, 7) is 9.01. The lowest BCUT2D eigenvalue weighted by Gasteiger charge is -2.39. The SMILES string of the molecule is [C-]#[N+]c1ccc(Cn2c(N3CCC[C@@](N)(CO)C3)nc3ccccc32)nc1. The van der Waals surface area contributed by atoms with Gasteiger partial charge in [0.25, 0.3) is 0 Å². The molecule has 3 heterocycles. The number of fused-ring (bicyclic) bond motifs is 1. The normalized spacial score (nSPS) is 20.0. The van der Waals surface area contributed by atoms with Gasteiger partial charge in [0.15, 0.2) is 0 Å². The second-order valence-electron chi connectivity index (χ2n) is 7.15. The van der Waals surface area contributed by atoms with Crippen molar-refractivity contribution < 1.29 is 5.11 Å². The van der Waals surface area contributed by atoms with Crippen molar-refractivity contribution in [2.24, 2.45) is 5.73 Å². The molecule has 4 rings (SSSR count). The minimum Gasteiger partial charge on any atom is -0.394 e. The second kappa shape index (κ2) is 6.99. The predicted octanol–water partition coefficient (Wildman–Crippen LogP) is 2.32. The fraction of sp³-hybridized carbons (Fsp3) is 0.350. The van der Waals surface area contributed by atoms with Crippen LogP contribution >= 0.6 is 0 Å². The Morgan fingerprint density at radius 1 is 1.26 bits per heavy atom. The molecule has 1 saturated heterocycles. The van der Waals surface area contributed by atoms with Gasteiger partial charge in [0.2, 0.25) is 11.6 Å². The van der Waals surface area contributed by atoms with Crippen molar-refractivity contribution in [1.82, 2.24) is 14.5 Å². The van der Waals surface area contributed by atoms with Crippen LogP contribution in [0.2, 0.25) is 0 Å². The van der Waals surface area contributed by atoms with E-state index in [-0.39, 0.29) is 6.61 Å². The van der Waals surface area contributed by atoms with Crippen LogP contribution in [0.5, 0.6) is 0 Å². The minimum atomic E-state index is -0.600. The fourth-order valence-electron chi connectivity index (χ4n) is 3.66. The number of aromatic nitrogens is 3. The molecule has 27 heavy (non-hydrogen) atoms. The van der Waals surface area contributed by atoms with Crippen molar-refractivity contribution in [3.05, 3.63) is 59.7 Å². The van der Waals surface area contributed by atoms with E-state index >= 15 is 0 Å². The van der Waals surface area contributed by atoms with Gasteiger partial charge in [0, 0.05) is 19.3 Å². The highest BCUT2D eigenvalue weighted by Gasteiger charge is 2.33. The molecule has 1 atom stereocenters. The van der Waals surface area contributed by atoms with Crippen molar-refractivity contribution in [1.29, 1.82) is 0 Å². The van der Waals surface area contributed by atoms with Crippen molar-refractivity contribution in [3.8, 4) is 0 Å². The first-order valence-electron chi connectivity index (χ1n) is 9.04. The number of imidazole rings is 1. The lowest BCUT2D eigenvalue weighted by molar-refractivity contribution is 0.176. The van der Waals surface area contributed by atoms with E-state index in [2.05, 4.69) is 19.3 Å². The maximum Gasteiger partial charge on any atom is 0.206 e. The van der Waals surface area contributed by atoms with E-state index in [0.29, 0.717) is 18.8 Å². The van der Waals surface area contributed by atoms with Crippen LogP contribution in [-0.4, -0.2) is 44.9 Å². The molecule has 0 spiro atoms. The highest BCUT2D eigenvalue weighted by molar-refractivity contribution is 5.79. The molecule has 0 bridgehead atoms. The lowest BCUT2D eigenvalue weighted by Crippen LogP contribution is -2.57. The van der Waals surface area contributed by atoms with Gasteiger partial charge in [0.05, 0.1) is 42.0 Å². The molecule has 0 amide bonds. The van der Waals surface area contributed by atoms with E-state index in [1.807, 2.05) is 30.3 Å². The van der Waals surface area contributed by atoms with Crippen molar-refractivity contribution in [2.45, 2.75) is 24.9 Å². The summed E-state index contributed by atoms with van der Waals surface area (Å²) >= 11 is 0. The molecule has 138 valence electrons. The summed E-state index contributed by atoms with van der Waals surface area (Å²) in [6, 6.07) is 11.7. The number of hydrogen-bond acceptors (Lipinski definition) is 5. The number of pyridine rings is 1. The first-order chi connectivity index (χ1) is 13.1. The zero-order chi connectivity index (χ0) is 18.9.